The molecule has 0 saturated carbocycles. The average molecular weight is 457 g/mol. The Morgan fingerprint density at radius 3 is 2.48 bits per heavy atom. The van der Waals surface area contributed by atoms with Crippen LogP contribution in [-0.4, -0.2) is 57.7 Å². The highest BCUT2D eigenvalue weighted by atomic mass is 35.5. The van der Waals surface area contributed by atoms with Crippen molar-refractivity contribution in [3.63, 3.8) is 0 Å². The Bertz CT molecular complexity index is 935. The third-order valence-electron chi connectivity index (χ3n) is 4.46. The maximum absolute atomic E-state index is 13.1. The number of hydrogen-bond acceptors (Lipinski definition) is 5. The fraction of sp³-hybridized carbons (Fsp3) is 0.562. The highest BCUT2D eigenvalue weighted by Crippen LogP contribution is 2.35. The van der Waals surface area contributed by atoms with Gasteiger partial charge in [-0.25, -0.2) is 16.8 Å². The fourth-order valence-corrected chi connectivity index (χ4v) is 7.20. The molecule has 1 aromatic rings. The number of amides is 1. The van der Waals surface area contributed by atoms with Crippen LogP contribution in [0, 0.1) is 13.8 Å². The first-order valence-electron chi connectivity index (χ1n) is 8.34. The molecule has 1 aliphatic heterocycles. The summed E-state index contributed by atoms with van der Waals surface area (Å²) in [6, 6.07) is 1.09. The Kier molecular flexibility index (Phi) is 6.85. The summed E-state index contributed by atoms with van der Waals surface area (Å²) < 4.78 is 50.2. The number of benzene rings is 1. The Labute approximate surface area is 170 Å². The van der Waals surface area contributed by atoms with Gasteiger partial charge < -0.3 is 5.32 Å². The molecule has 1 aliphatic rings. The molecule has 0 aromatic heterocycles. The summed E-state index contributed by atoms with van der Waals surface area (Å²) in [6.45, 7) is 4.41. The Morgan fingerprint density at radius 1 is 1.33 bits per heavy atom. The first-order chi connectivity index (χ1) is 12.4. The van der Waals surface area contributed by atoms with Crippen LogP contribution in [-0.2, 0) is 24.7 Å². The molecule has 1 heterocycles. The molecule has 1 aromatic carbocycles. The number of nitrogens with zero attached hydrogens (tertiary/aromatic N) is 1. The molecule has 1 saturated heterocycles. The van der Waals surface area contributed by atoms with Crippen LogP contribution in [0.2, 0.25) is 10.0 Å². The third kappa shape index (κ3) is 4.95. The van der Waals surface area contributed by atoms with E-state index in [0.717, 1.165) is 4.31 Å². The standard InChI is InChI=1S/C16H22Cl2N2O5S2/c1-4-20(8-14(21)19-12-5-6-26(22,23)9-12)27(24,25)16-11(3)13(17)7-10(2)15(16)18/h7,12H,4-6,8-9H2,1-3H3,(H,19,21)/t12-/m1/s1. The average Bonchev–Trinajstić information content (AvgIpc) is 2.89. The van der Waals surface area contributed by atoms with Crippen LogP contribution >= 0.6 is 23.2 Å². The highest BCUT2D eigenvalue weighted by molar-refractivity contribution is 7.91. The maximum atomic E-state index is 13.1. The van der Waals surface area contributed by atoms with Crippen molar-refractivity contribution in [3.05, 3.63) is 27.2 Å². The molecule has 0 radical (unpaired) electrons. The van der Waals surface area contributed by atoms with Gasteiger partial charge in [-0.15, -0.1) is 0 Å². The van der Waals surface area contributed by atoms with E-state index in [4.69, 9.17) is 23.2 Å². The van der Waals surface area contributed by atoms with Crippen LogP contribution in [0.5, 0.6) is 0 Å². The van der Waals surface area contributed by atoms with Crippen LogP contribution in [0.4, 0.5) is 0 Å². The molecule has 1 atom stereocenters. The van der Waals surface area contributed by atoms with E-state index in [1.807, 2.05) is 0 Å². The Hall–Kier alpha value is -0.870. The van der Waals surface area contributed by atoms with Crippen molar-refractivity contribution in [2.24, 2.45) is 0 Å². The molecule has 11 heteroatoms. The molecule has 1 N–H and O–H groups in total. The van der Waals surface area contributed by atoms with Crippen LogP contribution in [0.3, 0.4) is 0 Å². The summed E-state index contributed by atoms with van der Waals surface area (Å²) in [4.78, 5) is 12.2. The van der Waals surface area contributed by atoms with Crippen LogP contribution in [0.25, 0.3) is 0 Å². The summed E-state index contributed by atoms with van der Waals surface area (Å²) in [6.07, 6.45) is 0.325. The summed E-state index contributed by atoms with van der Waals surface area (Å²) in [5.74, 6) is -0.671. The molecular formula is C16H22Cl2N2O5S2. The van der Waals surface area contributed by atoms with Gasteiger partial charge in [-0.2, -0.15) is 4.31 Å². The van der Waals surface area contributed by atoms with Gasteiger partial charge in [0.2, 0.25) is 15.9 Å². The molecule has 7 nitrogen and oxygen atoms in total. The summed E-state index contributed by atoms with van der Waals surface area (Å²) in [5.41, 5.74) is 0.829. The van der Waals surface area contributed by atoms with Crippen LogP contribution in [0.1, 0.15) is 24.5 Å². The minimum atomic E-state index is -4.07. The Morgan fingerprint density at radius 2 is 1.96 bits per heavy atom. The predicted octanol–water partition coefficient (Wildman–Crippen LogP) is 1.92. The topological polar surface area (TPSA) is 101 Å². The molecule has 0 aliphatic carbocycles. The first-order valence-corrected chi connectivity index (χ1v) is 12.4. The maximum Gasteiger partial charge on any atom is 0.245 e. The second kappa shape index (κ2) is 8.24. The van der Waals surface area contributed by atoms with E-state index in [1.165, 1.54) is 0 Å². The zero-order valence-electron chi connectivity index (χ0n) is 15.3. The second-order valence-corrected chi connectivity index (χ2v) is 11.4. The van der Waals surface area contributed by atoms with E-state index in [-0.39, 0.29) is 33.0 Å². The SMILES string of the molecule is CCN(CC(=O)N[C@@H]1CCS(=O)(=O)C1)S(=O)(=O)c1c(C)c(Cl)cc(C)c1Cl. The molecule has 2 rings (SSSR count). The van der Waals surface area contributed by atoms with Crippen molar-refractivity contribution in [3.8, 4) is 0 Å². The number of carbonyl (C=O) groups excluding carboxylic acids is 1. The molecule has 1 amide bonds. The van der Waals surface area contributed by atoms with Crippen molar-refractivity contribution in [1.29, 1.82) is 0 Å². The lowest BCUT2D eigenvalue weighted by Gasteiger charge is -2.23. The van der Waals surface area contributed by atoms with Gasteiger partial charge in [-0.05, 0) is 37.5 Å². The predicted molar refractivity (Wildman–Crippen MR) is 106 cm³/mol. The van der Waals surface area contributed by atoms with E-state index < -0.39 is 38.4 Å². The second-order valence-electron chi connectivity index (χ2n) is 6.54. The number of nitrogens with one attached hydrogen (secondary N) is 1. The minimum absolute atomic E-state index is 0.0182. The van der Waals surface area contributed by atoms with E-state index >= 15 is 0 Å². The first kappa shape index (κ1) is 22.4. The number of carbonyl (C=O) groups is 1. The number of likely N-dealkylation sites (N-methyl/N-ethyl adjacent to an activating group) is 1. The van der Waals surface area contributed by atoms with E-state index in [1.54, 1.807) is 26.8 Å². The smallest absolute Gasteiger partial charge is 0.245 e. The molecule has 1 fully saturated rings. The quantitative estimate of drug-likeness (QED) is 0.704. The highest BCUT2D eigenvalue weighted by Gasteiger charge is 2.33. The third-order valence-corrected chi connectivity index (χ3v) is 9.31. The van der Waals surface area contributed by atoms with Crippen molar-refractivity contribution in [2.45, 2.75) is 38.1 Å². The summed E-state index contributed by atoms with van der Waals surface area (Å²) in [7, 11) is -7.22. The Balaban J connectivity index is 2.25. The fourth-order valence-electron chi connectivity index (χ4n) is 2.96. The van der Waals surface area contributed by atoms with E-state index in [0.29, 0.717) is 17.5 Å². The number of sulfonamides is 1. The van der Waals surface area contributed by atoms with Crippen molar-refractivity contribution < 1.29 is 21.6 Å². The van der Waals surface area contributed by atoms with Gasteiger partial charge in [-0.1, -0.05) is 30.1 Å². The van der Waals surface area contributed by atoms with Crippen LogP contribution in [0.15, 0.2) is 11.0 Å². The summed E-state index contributed by atoms with van der Waals surface area (Å²) in [5, 5.41) is 2.93. The largest absolute Gasteiger partial charge is 0.351 e. The van der Waals surface area contributed by atoms with Gasteiger partial charge in [0.25, 0.3) is 0 Å². The number of sulfone groups is 1. The molecule has 0 bridgehead atoms. The van der Waals surface area contributed by atoms with E-state index in [9.17, 15) is 21.6 Å². The molecule has 0 spiro atoms. The van der Waals surface area contributed by atoms with Crippen molar-refractivity contribution in [2.75, 3.05) is 24.6 Å². The lowest BCUT2D eigenvalue weighted by Crippen LogP contribution is -2.44. The molecule has 0 unspecified atom stereocenters. The summed E-state index contributed by atoms with van der Waals surface area (Å²) >= 11 is 12.3. The normalized spacial score (nSPS) is 19.4. The lowest BCUT2D eigenvalue weighted by atomic mass is 10.2. The molecule has 27 heavy (non-hydrogen) atoms. The number of hydrogen-bond donors (Lipinski definition) is 1. The molecule has 152 valence electrons. The number of halogens is 2. The zero-order valence-corrected chi connectivity index (χ0v) is 18.4. The number of rotatable bonds is 6. The van der Waals surface area contributed by atoms with Gasteiger partial charge >= 0.3 is 0 Å². The van der Waals surface area contributed by atoms with Crippen LogP contribution < -0.4 is 5.32 Å². The van der Waals surface area contributed by atoms with Gasteiger partial charge in [0.15, 0.2) is 9.84 Å². The van der Waals surface area contributed by atoms with Crippen molar-refractivity contribution in [1.82, 2.24) is 9.62 Å². The van der Waals surface area contributed by atoms with E-state index in [2.05, 4.69) is 5.32 Å². The van der Waals surface area contributed by atoms with Gasteiger partial charge in [0, 0.05) is 17.6 Å². The van der Waals surface area contributed by atoms with Gasteiger partial charge in [0.1, 0.15) is 4.90 Å². The monoisotopic (exact) mass is 456 g/mol. The van der Waals surface area contributed by atoms with Crippen molar-refractivity contribution >= 4 is 49.0 Å². The van der Waals surface area contributed by atoms with Gasteiger partial charge in [-0.3, -0.25) is 4.79 Å². The molecular weight excluding hydrogens is 435 g/mol. The minimum Gasteiger partial charge on any atom is -0.351 e. The lowest BCUT2D eigenvalue weighted by molar-refractivity contribution is -0.121. The number of aryl methyl sites for hydroxylation is 1. The zero-order chi connectivity index (χ0) is 20.6. The van der Waals surface area contributed by atoms with Gasteiger partial charge in [0.05, 0.1) is 23.1 Å².